The monoisotopic (exact) mass is 304 g/mol. The van der Waals surface area contributed by atoms with Crippen LogP contribution in [0, 0.1) is 11.6 Å². The first-order valence-corrected chi connectivity index (χ1v) is 6.03. The molecule has 0 heterocycles. The third-order valence-corrected chi connectivity index (χ3v) is 3.00. The van der Waals surface area contributed by atoms with Gasteiger partial charge in [-0.1, -0.05) is 0 Å². The summed E-state index contributed by atoms with van der Waals surface area (Å²) in [7, 11) is 0. The minimum atomic E-state index is -0.718. The van der Waals surface area contributed by atoms with Gasteiger partial charge in [-0.2, -0.15) is 0 Å². The molecule has 1 aliphatic rings. The lowest BCUT2D eigenvalue weighted by atomic mass is 10.3. The van der Waals surface area contributed by atoms with Crippen molar-refractivity contribution >= 4 is 27.5 Å². The van der Waals surface area contributed by atoms with E-state index >= 15 is 0 Å². The summed E-state index contributed by atoms with van der Waals surface area (Å²) in [5.41, 5.74) is 0.101. The zero-order valence-corrected chi connectivity index (χ0v) is 10.5. The van der Waals surface area contributed by atoms with Crippen LogP contribution < -0.4 is 10.6 Å². The van der Waals surface area contributed by atoms with Crippen molar-refractivity contribution in [2.24, 2.45) is 0 Å². The fraction of sp³-hybridized carbons (Fsp3) is 0.364. The lowest BCUT2D eigenvalue weighted by Gasteiger charge is -2.08. The van der Waals surface area contributed by atoms with Gasteiger partial charge in [0.05, 0.1) is 16.7 Å². The number of rotatable bonds is 4. The van der Waals surface area contributed by atoms with Gasteiger partial charge in [0.25, 0.3) is 0 Å². The summed E-state index contributed by atoms with van der Waals surface area (Å²) < 4.78 is 26.4. The average molecular weight is 305 g/mol. The van der Waals surface area contributed by atoms with Gasteiger partial charge in [-0.25, -0.2) is 8.78 Å². The fourth-order valence-electron chi connectivity index (χ4n) is 1.34. The zero-order valence-electron chi connectivity index (χ0n) is 8.90. The predicted molar refractivity (Wildman–Crippen MR) is 63.7 cm³/mol. The van der Waals surface area contributed by atoms with Gasteiger partial charge in [-0.3, -0.25) is 4.79 Å². The first kappa shape index (κ1) is 12.3. The molecule has 17 heavy (non-hydrogen) atoms. The van der Waals surface area contributed by atoms with Crippen LogP contribution >= 0.6 is 15.9 Å². The highest BCUT2D eigenvalue weighted by atomic mass is 79.9. The third kappa shape index (κ3) is 3.39. The minimum absolute atomic E-state index is 0.0223. The summed E-state index contributed by atoms with van der Waals surface area (Å²) >= 11 is 2.96. The van der Waals surface area contributed by atoms with Gasteiger partial charge in [0, 0.05) is 12.1 Å². The number of amides is 1. The van der Waals surface area contributed by atoms with Crippen molar-refractivity contribution in [3.8, 4) is 0 Å². The molecule has 6 heteroatoms. The average Bonchev–Trinajstić information content (AvgIpc) is 3.05. The molecule has 1 aliphatic carbocycles. The number of carbonyl (C=O) groups excluding carboxylic acids is 1. The molecule has 3 nitrogen and oxygen atoms in total. The van der Waals surface area contributed by atoms with E-state index in [1.807, 2.05) is 0 Å². The van der Waals surface area contributed by atoms with E-state index in [1.165, 1.54) is 6.07 Å². The Hall–Kier alpha value is -1.17. The maximum atomic E-state index is 13.3. The smallest absolute Gasteiger partial charge is 0.239 e. The number of halogens is 3. The van der Waals surface area contributed by atoms with E-state index < -0.39 is 11.6 Å². The van der Waals surface area contributed by atoms with Gasteiger partial charge in [-0.05, 0) is 34.8 Å². The molecule has 0 saturated heterocycles. The maximum absolute atomic E-state index is 13.3. The molecule has 1 amide bonds. The third-order valence-electron chi connectivity index (χ3n) is 2.39. The fourth-order valence-corrected chi connectivity index (χ4v) is 1.68. The van der Waals surface area contributed by atoms with Crippen LogP contribution in [0.15, 0.2) is 16.6 Å². The van der Waals surface area contributed by atoms with Crippen molar-refractivity contribution in [2.75, 3.05) is 11.9 Å². The SMILES string of the molecule is O=C(CNc1cc(Br)c(F)cc1F)NC1CC1. The second-order valence-electron chi connectivity index (χ2n) is 3.94. The van der Waals surface area contributed by atoms with Gasteiger partial charge < -0.3 is 10.6 Å². The van der Waals surface area contributed by atoms with E-state index in [0.29, 0.717) is 0 Å². The van der Waals surface area contributed by atoms with E-state index in [0.717, 1.165) is 18.9 Å². The molecule has 0 spiro atoms. The Morgan fingerprint density at radius 1 is 1.35 bits per heavy atom. The molecule has 92 valence electrons. The molecule has 1 aromatic carbocycles. The van der Waals surface area contributed by atoms with E-state index in [9.17, 15) is 13.6 Å². The van der Waals surface area contributed by atoms with Gasteiger partial charge >= 0.3 is 0 Å². The van der Waals surface area contributed by atoms with Crippen molar-refractivity contribution in [3.05, 3.63) is 28.2 Å². The number of anilines is 1. The molecule has 0 radical (unpaired) electrons. The summed E-state index contributed by atoms with van der Waals surface area (Å²) in [5, 5.41) is 5.39. The number of carbonyl (C=O) groups is 1. The van der Waals surface area contributed by atoms with Crippen LogP contribution in [0.4, 0.5) is 14.5 Å². The number of hydrogen-bond acceptors (Lipinski definition) is 2. The highest BCUT2D eigenvalue weighted by molar-refractivity contribution is 9.10. The van der Waals surface area contributed by atoms with Crippen LogP contribution in [0.1, 0.15) is 12.8 Å². The summed E-state index contributed by atoms with van der Waals surface area (Å²) in [4.78, 5) is 11.3. The van der Waals surface area contributed by atoms with Crippen molar-refractivity contribution in [2.45, 2.75) is 18.9 Å². The molecular weight excluding hydrogens is 294 g/mol. The number of nitrogens with one attached hydrogen (secondary N) is 2. The molecule has 0 bridgehead atoms. The van der Waals surface area contributed by atoms with Crippen molar-refractivity contribution in [1.29, 1.82) is 0 Å². The summed E-state index contributed by atoms with van der Waals surface area (Å²) in [6, 6.07) is 2.31. The molecule has 1 aromatic rings. The van der Waals surface area contributed by atoms with Crippen LogP contribution in [-0.2, 0) is 4.79 Å². The maximum Gasteiger partial charge on any atom is 0.239 e. The molecule has 0 aliphatic heterocycles. The van der Waals surface area contributed by atoms with Gasteiger partial charge in [-0.15, -0.1) is 0 Å². The van der Waals surface area contributed by atoms with E-state index in [-0.39, 0.29) is 28.7 Å². The van der Waals surface area contributed by atoms with Gasteiger partial charge in [0.15, 0.2) is 0 Å². The minimum Gasteiger partial charge on any atom is -0.374 e. The molecular formula is C11H11BrF2N2O. The van der Waals surface area contributed by atoms with Gasteiger partial charge in [0.1, 0.15) is 11.6 Å². The summed E-state index contributed by atoms with van der Waals surface area (Å²) in [6.07, 6.45) is 2.00. The second kappa shape index (κ2) is 5.00. The zero-order chi connectivity index (χ0) is 12.4. The Kier molecular flexibility index (Phi) is 3.61. The first-order valence-electron chi connectivity index (χ1n) is 5.24. The molecule has 1 fully saturated rings. The highest BCUT2D eigenvalue weighted by Gasteiger charge is 2.23. The van der Waals surface area contributed by atoms with Crippen LogP contribution in [0.5, 0.6) is 0 Å². The Labute approximate surface area is 106 Å². The Morgan fingerprint density at radius 2 is 2.06 bits per heavy atom. The predicted octanol–water partition coefficient (Wildman–Crippen LogP) is 2.42. The van der Waals surface area contributed by atoms with Crippen molar-refractivity contribution < 1.29 is 13.6 Å². The number of benzene rings is 1. The van der Waals surface area contributed by atoms with Crippen molar-refractivity contribution in [3.63, 3.8) is 0 Å². The molecule has 1 saturated carbocycles. The van der Waals surface area contributed by atoms with Gasteiger partial charge in [0.2, 0.25) is 5.91 Å². The highest BCUT2D eigenvalue weighted by Crippen LogP contribution is 2.23. The molecule has 2 N–H and O–H groups in total. The Morgan fingerprint density at radius 3 is 2.71 bits per heavy atom. The van der Waals surface area contributed by atoms with E-state index in [2.05, 4.69) is 26.6 Å². The lowest BCUT2D eigenvalue weighted by molar-refractivity contribution is -0.119. The van der Waals surface area contributed by atoms with Crippen LogP contribution in [0.2, 0.25) is 0 Å². The molecule has 0 atom stereocenters. The standard InChI is InChI=1S/C11H11BrF2N2O/c12-7-3-10(9(14)4-8(7)13)15-5-11(17)16-6-1-2-6/h3-4,6,15H,1-2,5H2,(H,16,17). The topological polar surface area (TPSA) is 41.1 Å². The number of hydrogen-bond donors (Lipinski definition) is 2. The molecule has 0 unspecified atom stereocenters. The quantitative estimate of drug-likeness (QED) is 0.839. The van der Waals surface area contributed by atoms with Crippen LogP contribution in [0.3, 0.4) is 0 Å². The normalized spacial score (nSPS) is 14.5. The molecule has 0 aromatic heterocycles. The van der Waals surface area contributed by atoms with E-state index in [4.69, 9.17) is 0 Å². The van der Waals surface area contributed by atoms with Crippen molar-refractivity contribution in [1.82, 2.24) is 5.32 Å². The Balaban J connectivity index is 1.93. The largest absolute Gasteiger partial charge is 0.374 e. The van der Waals surface area contributed by atoms with Crippen LogP contribution in [0.25, 0.3) is 0 Å². The van der Waals surface area contributed by atoms with Crippen LogP contribution in [-0.4, -0.2) is 18.5 Å². The Bertz CT molecular complexity index is 449. The summed E-state index contributed by atoms with van der Waals surface area (Å²) in [5.74, 6) is -1.58. The molecule has 2 rings (SSSR count). The first-order chi connectivity index (χ1) is 8.06. The summed E-state index contributed by atoms with van der Waals surface area (Å²) in [6.45, 7) is -0.0223. The second-order valence-corrected chi connectivity index (χ2v) is 4.80. The van der Waals surface area contributed by atoms with E-state index in [1.54, 1.807) is 0 Å². The lowest BCUT2D eigenvalue weighted by Crippen LogP contribution is -2.31.